The van der Waals surface area contributed by atoms with Crippen molar-refractivity contribution in [3.63, 3.8) is 0 Å². The molecule has 0 fully saturated rings. The van der Waals surface area contributed by atoms with Crippen LogP contribution < -0.4 is 4.74 Å². The molecule has 0 aliphatic rings. The Morgan fingerprint density at radius 1 is 1.11 bits per heavy atom. The minimum absolute atomic E-state index is 0.00852. The Bertz CT molecular complexity index is 1130. The fraction of sp³-hybridized carbons (Fsp3) is 0.118. The monoisotopic (exact) mass is 521 g/mol. The lowest BCUT2D eigenvalue weighted by Crippen LogP contribution is -2.10. The topological polar surface area (TPSA) is 82.0 Å². The van der Waals surface area contributed by atoms with Crippen LogP contribution in [-0.2, 0) is 22.2 Å². The molecule has 28 heavy (non-hydrogen) atoms. The molecule has 0 radical (unpaired) electrons. The van der Waals surface area contributed by atoms with Crippen LogP contribution in [-0.4, -0.2) is 23.4 Å². The second-order valence-corrected chi connectivity index (χ2v) is 9.60. The van der Waals surface area contributed by atoms with Crippen molar-refractivity contribution in [3.8, 4) is 5.88 Å². The average Bonchev–Trinajstić information content (AvgIpc) is 2.64. The van der Waals surface area contributed by atoms with E-state index in [0.29, 0.717) is 0 Å². The summed E-state index contributed by atoms with van der Waals surface area (Å²) in [5.41, 5.74) is 0.853. The standard InChI is InChI=1S/C17H11BrCl3N3O3S/c18-11-4-10(5-22-6-11)8-27-17-13(23-7-15(20)24-17)9-28(25,26)14-3-1-2-12(19)16(14)21/h1-7H,8-9H2. The van der Waals surface area contributed by atoms with Crippen LogP contribution in [0.3, 0.4) is 0 Å². The summed E-state index contributed by atoms with van der Waals surface area (Å²) in [7, 11) is -3.85. The first-order chi connectivity index (χ1) is 13.3. The fourth-order valence-electron chi connectivity index (χ4n) is 2.26. The van der Waals surface area contributed by atoms with E-state index in [-0.39, 0.29) is 38.3 Å². The molecule has 146 valence electrons. The molecule has 0 N–H and O–H groups in total. The first-order valence-corrected chi connectivity index (χ1v) is 11.2. The zero-order valence-corrected chi connectivity index (χ0v) is 18.6. The number of sulfone groups is 1. The summed E-state index contributed by atoms with van der Waals surface area (Å²) < 4.78 is 32.1. The summed E-state index contributed by atoms with van der Waals surface area (Å²) in [6, 6.07) is 6.20. The van der Waals surface area contributed by atoms with Crippen molar-refractivity contribution in [2.45, 2.75) is 17.3 Å². The minimum atomic E-state index is -3.85. The van der Waals surface area contributed by atoms with Gasteiger partial charge in [0.25, 0.3) is 0 Å². The molecule has 3 rings (SSSR count). The van der Waals surface area contributed by atoms with Crippen LogP contribution in [0.2, 0.25) is 15.2 Å². The molecule has 6 nitrogen and oxygen atoms in total. The van der Waals surface area contributed by atoms with E-state index in [1.807, 2.05) is 6.07 Å². The predicted octanol–water partition coefficient (Wildman–Crippen LogP) is 5.15. The third-order valence-corrected chi connectivity index (χ3v) is 6.71. The van der Waals surface area contributed by atoms with Crippen LogP contribution >= 0.6 is 50.7 Å². The van der Waals surface area contributed by atoms with Gasteiger partial charge in [-0.2, -0.15) is 4.98 Å². The number of aromatic nitrogens is 3. The zero-order chi connectivity index (χ0) is 20.3. The van der Waals surface area contributed by atoms with E-state index in [1.165, 1.54) is 24.4 Å². The summed E-state index contributed by atoms with van der Waals surface area (Å²) >= 11 is 21.2. The van der Waals surface area contributed by atoms with Crippen molar-refractivity contribution in [2.75, 3.05) is 0 Å². The molecule has 1 aromatic carbocycles. The minimum Gasteiger partial charge on any atom is -0.471 e. The van der Waals surface area contributed by atoms with E-state index in [9.17, 15) is 8.42 Å². The van der Waals surface area contributed by atoms with Gasteiger partial charge in [-0.25, -0.2) is 8.42 Å². The van der Waals surface area contributed by atoms with Crippen molar-refractivity contribution >= 4 is 60.6 Å². The van der Waals surface area contributed by atoms with Gasteiger partial charge < -0.3 is 4.74 Å². The molecule has 0 amide bonds. The SMILES string of the molecule is O=S(=O)(Cc1ncc(Cl)nc1OCc1cncc(Br)c1)c1cccc(Cl)c1Cl. The van der Waals surface area contributed by atoms with Crippen molar-refractivity contribution < 1.29 is 13.2 Å². The fourth-order valence-corrected chi connectivity index (χ4v) is 4.89. The number of hydrogen-bond donors (Lipinski definition) is 0. The molecular formula is C17H11BrCl3N3O3S. The molecule has 0 aliphatic carbocycles. The average molecular weight is 524 g/mol. The summed E-state index contributed by atoms with van der Waals surface area (Å²) in [5.74, 6) is -0.474. The number of nitrogens with zero attached hydrogens (tertiary/aromatic N) is 3. The zero-order valence-electron chi connectivity index (χ0n) is 13.9. The van der Waals surface area contributed by atoms with Crippen LogP contribution in [0, 0.1) is 0 Å². The summed E-state index contributed by atoms with van der Waals surface area (Å²) in [4.78, 5) is 12.1. The lowest BCUT2D eigenvalue weighted by Gasteiger charge is -2.11. The highest BCUT2D eigenvalue weighted by molar-refractivity contribution is 9.10. The quantitative estimate of drug-likeness (QED) is 0.445. The third-order valence-electron chi connectivity index (χ3n) is 3.50. The molecule has 3 aromatic rings. The van der Waals surface area contributed by atoms with Gasteiger partial charge in [0.05, 0.1) is 21.1 Å². The first kappa shape index (κ1) is 21.3. The second-order valence-electron chi connectivity index (χ2n) is 5.56. The van der Waals surface area contributed by atoms with Gasteiger partial charge in [0.15, 0.2) is 15.0 Å². The summed E-state index contributed by atoms with van der Waals surface area (Å²) in [6.07, 6.45) is 4.50. The van der Waals surface area contributed by atoms with Crippen LogP contribution in [0.1, 0.15) is 11.3 Å². The van der Waals surface area contributed by atoms with Crippen LogP contribution in [0.4, 0.5) is 0 Å². The first-order valence-electron chi connectivity index (χ1n) is 7.66. The van der Waals surface area contributed by atoms with Crippen molar-refractivity contribution in [1.82, 2.24) is 15.0 Å². The van der Waals surface area contributed by atoms with E-state index in [2.05, 4.69) is 30.9 Å². The van der Waals surface area contributed by atoms with E-state index >= 15 is 0 Å². The lowest BCUT2D eigenvalue weighted by molar-refractivity contribution is 0.289. The smallest absolute Gasteiger partial charge is 0.238 e. The number of halogens is 4. The highest BCUT2D eigenvalue weighted by Gasteiger charge is 2.24. The Kier molecular flexibility index (Phi) is 6.77. The largest absolute Gasteiger partial charge is 0.471 e. The lowest BCUT2D eigenvalue weighted by atomic mass is 10.3. The van der Waals surface area contributed by atoms with Crippen molar-refractivity contribution in [2.24, 2.45) is 0 Å². The molecule has 11 heteroatoms. The molecule has 2 aromatic heterocycles. The summed E-state index contributed by atoms with van der Waals surface area (Å²) in [5, 5.41) is 0.168. The van der Waals surface area contributed by atoms with Gasteiger partial charge in [0, 0.05) is 22.4 Å². The normalized spacial score (nSPS) is 11.4. The predicted molar refractivity (Wildman–Crippen MR) is 111 cm³/mol. The molecule has 0 saturated carbocycles. The molecule has 0 saturated heterocycles. The highest BCUT2D eigenvalue weighted by Crippen LogP contribution is 2.32. The Morgan fingerprint density at radius 2 is 1.89 bits per heavy atom. The second kappa shape index (κ2) is 8.92. The maximum absolute atomic E-state index is 12.8. The number of ether oxygens (including phenoxy) is 1. The van der Waals surface area contributed by atoms with Crippen LogP contribution in [0.15, 0.2) is 52.2 Å². The maximum atomic E-state index is 12.8. The molecule has 2 heterocycles. The molecule has 0 unspecified atom stereocenters. The molecule has 0 bridgehead atoms. The van der Waals surface area contributed by atoms with Gasteiger partial charge in [-0.05, 0) is 34.1 Å². The van der Waals surface area contributed by atoms with Gasteiger partial charge in [-0.15, -0.1) is 0 Å². The van der Waals surface area contributed by atoms with E-state index in [1.54, 1.807) is 12.4 Å². The van der Waals surface area contributed by atoms with E-state index < -0.39 is 15.6 Å². The number of hydrogen-bond acceptors (Lipinski definition) is 6. The van der Waals surface area contributed by atoms with Crippen molar-refractivity contribution in [1.29, 1.82) is 0 Å². The molecular weight excluding hydrogens is 513 g/mol. The number of benzene rings is 1. The molecule has 0 aliphatic heterocycles. The Balaban J connectivity index is 1.89. The molecule has 0 atom stereocenters. The van der Waals surface area contributed by atoms with Crippen LogP contribution in [0.25, 0.3) is 0 Å². The highest BCUT2D eigenvalue weighted by atomic mass is 79.9. The third kappa shape index (κ3) is 5.12. The Morgan fingerprint density at radius 3 is 2.64 bits per heavy atom. The van der Waals surface area contributed by atoms with Gasteiger partial charge in [0.2, 0.25) is 5.88 Å². The molecule has 0 spiro atoms. The van der Waals surface area contributed by atoms with Crippen LogP contribution in [0.5, 0.6) is 5.88 Å². The van der Waals surface area contributed by atoms with Gasteiger partial charge in [0.1, 0.15) is 18.1 Å². The van der Waals surface area contributed by atoms with E-state index in [0.717, 1.165) is 10.0 Å². The van der Waals surface area contributed by atoms with E-state index in [4.69, 9.17) is 39.5 Å². The Hall–Kier alpha value is -1.45. The summed E-state index contributed by atoms with van der Waals surface area (Å²) in [6.45, 7) is 0.104. The number of rotatable bonds is 6. The number of pyridine rings is 1. The van der Waals surface area contributed by atoms with Gasteiger partial charge >= 0.3 is 0 Å². The van der Waals surface area contributed by atoms with Gasteiger partial charge in [-0.3, -0.25) is 9.97 Å². The Labute approximate surface area is 184 Å². The van der Waals surface area contributed by atoms with Gasteiger partial charge in [-0.1, -0.05) is 40.9 Å². The maximum Gasteiger partial charge on any atom is 0.238 e. The van der Waals surface area contributed by atoms with Crippen molar-refractivity contribution in [3.05, 3.63) is 73.8 Å².